The maximum Gasteiger partial charge on any atom is 0.00879 e. The predicted octanol–water partition coefficient (Wildman–Crippen LogP) is 2.50. The van der Waals surface area contributed by atoms with E-state index >= 15 is 0 Å². The van der Waals surface area contributed by atoms with E-state index in [4.69, 9.17) is 0 Å². The molecule has 0 amide bonds. The van der Waals surface area contributed by atoms with E-state index in [0.717, 1.165) is 22.5 Å². The first-order chi connectivity index (χ1) is 6.15. The van der Waals surface area contributed by atoms with Gasteiger partial charge in [0.25, 0.3) is 0 Å². The minimum absolute atomic E-state index is 0. The van der Waals surface area contributed by atoms with Crippen LogP contribution in [0.5, 0.6) is 0 Å². The number of allylic oxidation sites excluding steroid dienone is 3. The molecule has 0 fully saturated rings. The van der Waals surface area contributed by atoms with Crippen molar-refractivity contribution in [3.8, 4) is 0 Å². The number of aromatic amines is 1. The van der Waals surface area contributed by atoms with Gasteiger partial charge in [-0.15, -0.1) is 19.4 Å². The zero-order valence-electron chi connectivity index (χ0n) is 9.10. The van der Waals surface area contributed by atoms with Crippen LogP contribution in [-0.2, 0) is 32.7 Å². The van der Waals surface area contributed by atoms with E-state index in [1.165, 1.54) is 0 Å². The van der Waals surface area contributed by atoms with Gasteiger partial charge < -0.3 is 22.8 Å². The smallest absolute Gasteiger partial charge is 0.00879 e. The Balaban J connectivity index is 0.00000169. The summed E-state index contributed by atoms with van der Waals surface area (Å²) in [4.78, 5) is 0. The first kappa shape index (κ1) is 13.8. The molecular formula is C11H14N2Y-2. The summed E-state index contributed by atoms with van der Waals surface area (Å²) in [5.41, 5.74) is 4.21. The fraction of sp³-hybridized carbons (Fsp3) is 0.364. The summed E-state index contributed by atoms with van der Waals surface area (Å²) in [6.07, 6.45) is 8.07. The first-order valence-corrected chi connectivity index (χ1v) is 4.27. The Morgan fingerprint density at radius 2 is 2.07 bits per heavy atom. The van der Waals surface area contributed by atoms with Crippen LogP contribution in [0.2, 0.25) is 0 Å². The van der Waals surface area contributed by atoms with Gasteiger partial charge >= 0.3 is 0 Å². The van der Waals surface area contributed by atoms with Gasteiger partial charge in [-0.1, -0.05) is 12.6 Å². The minimum atomic E-state index is 0. The number of hydrogen-bond donors (Lipinski definition) is 1. The number of nitrogens with one attached hydrogen (secondary N) is 1. The second-order valence-corrected chi connectivity index (χ2v) is 3.03. The third kappa shape index (κ3) is 3.51. The summed E-state index contributed by atoms with van der Waals surface area (Å²) in [5, 5.41) is 7.00. The normalized spacial score (nSPS) is 11.9. The molecule has 1 aromatic rings. The summed E-state index contributed by atoms with van der Waals surface area (Å²) < 4.78 is 0. The fourth-order valence-corrected chi connectivity index (χ4v) is 0.881. The quantitative estimate of drug-likeness (QED) is 0.644. The molecule has 14 heavy (non-hydrogen) atoms. The molecule has 1 radical (unpaired) electrons. The van der Waals surface area contributed by atoms with Crippen LogP contribution in [0, 0.1) is 26.0 Å². The number of hydrogen-bond acceptors (Lipinski definition) is 1. The molecule has 1 heterocycles. The fourth-order valence-electron chi connectivity index (χ4n) is 0.881. The van der Waals surface area contributed by atoms with Gasteiger partial charge in [-0.05, 0) is 6.92 Å². The van der Waals surface area contributed by atoms with Gasteiger partial charge in [0.2, 0.25) is 0 Å². The Morgan fingerprint density at radius 1 is 1.43 bits per heavy atom. The van der Waals surface area contributed by atoms with E-state index in [2.05, 4.69) is 22.3 Å². The molecule has 0 spiro atoms. The van der Waals surface area contributed by atoms with Crippen molar-refractivity contribution in [3.63, 3.8) is 0 Å². The van der Waals surface area contributed by atoms with Gasteiger partial charge in [0.15, 0.2) is 0 Å². The van der Waals surface area contributed by atoms with Crippen LogP contribution in [0.15, 0.2) is 11.6 Å². The van der Waals surface area contributed by atoms with Gasteiger partial charge in [0.05, 0.1) is 0 Å². The molecule has 0 aliphatic carbocycles. The van der Waals surface area contributed by atoms with Crippen LogP contribution in [0.1, 0.15) is 30.8 Å². The van der Waals surface area contributed by atoms with Gasteiger partial charge in [-0.25, -0.2) is 0 Å². The van der Waals surface area contributed by atoms with Crippen LogP contribution >= 0.6 is 0 Å². The van der Waals surface area contributed by atoms with Crippen molar-refractivity contribution < 1.29 is 32.7 Å². The Morgan fingerprint density at radius 3 is 2.50 bits per heavy atom. The minimum Gasteiger partial charge on any atom is -0.343 e. The molecule has 0 bridgehead atoms. The molecule has 0 aliphatic heterocycles. The van der Waals surface area contributed by atoms with Crippen molar-refractivity contribution in [1.82, 2.24) is 10.2 Å². The Kier molecular flexibility index (Phi) is 6.22. The van der Waals surface area contributed by atoms with Gasteiger partial charge in [-0.2, -0.15) is 5.10 Å². The SMILES string of the molecule is C[C-]=C(C)C=[C-]c1[nH]nc(C)c1C.[Y]. The molecule has 0 atom stereocenters. The Bertz CT molecular complexity index is 348. The summed E-state index contributed by atoms with van der Waals surface area (Å²) in [6.45, 7) is 7.89. The van der Waals surface area contributed by atoms with Crippen LogP contribution in [-0.4, -0.2) is 10.2 Å². The number of aryl methyl sites for hydroxylation is 1. The van der Waals surface area contributed by atoms with Crippen molar-refractivity contribution in [2.24, 2.45) is 0 Å². The molecular weight excluding hydrogens is 249 g/mol. The van der Waals surface area contributed by atoms with Gasteiger partial charge in [0, 0.05) is 38.4 Å². The number of rotatable bonds is 2. The maximum absolute atomic E-state index is 4.08. The molecule has 0 unspecified atom stereocenters. The molecule has 0 saturated heterocycles. The topological polar surface area (TPSA) is 28.7 Å². The van der Waals surface area contributed by atoms with E-state index in [-0.39, 0.29) is 32.7 Å². The Hall–Kier alpha value is -0.206. The molecule has 1 rings (SSSR count). The molecule has 0 saturated carbocycles. The number of H-pyrrole nitrogens is 1. The van der Waals surface area contributed by atoms with Crippen molar-refractivity contribution in [2.75, 3.05) is 0 Å². The summed E-state index contributed by atoms with van der Waals surface area (Å²) in [5.74, 6) is 0. The first-order valence-electron chi connectivity index (χ1n) is 4.27. The predicted molar refractivity (Wildman–Crippen MR) is 53.1 cm³/mol. The molecule has 73 valence electrons. The summed E-state index contributed by atoms with van der Waals surface area (Å²) >= 11 is 0. The molecule has 1 aromatic heterocycles. The summed E-state index contributed by atoms with van der Waals surface area (Å²) in [7, 11) is 0. The molecule has 2 nitrogen and oxygen atoms in total. The third-order valence-corrected chi connectivity index (χ3v) is 2.08. The summed E-state index contributed by atoms with van der Waals surface area (Å²) in [6, 6.07) is 0. The molecule has 1 N–H and O–H groups in total. The molecule has 0 aliphatic rings. The van der Waals surface area contributed by atoms with Crippen molar-refractivity contribution in [2.45, 2.75) is 27.7 Å². The maximum atomic E-state index is 4.08. The van der Waals surface area contributed by atoms with Gasteiger partial charge in [0.1, 0.15) is 0 Å². The van der Waals surface area contributed by atoms with Crippen LogP contribution in [0.4, 0.5) is 0 Å². The third-order valence-electron chi connectivity index (χ3n) is 2.08. The largest absolute Gasteiger partial charge is 0.343 e. The number of aromatic nitrogens is 2. The van der Waals surface area contributed by atoms with E-state index in [0.29, 0.717) is 0 Å². The van der Waals surface area contributed by atoms with E-state index in [1.807, 2.05) is 33.8 Å². The van der Waals surface area contributed by atoms with Crippen LogP contribution < -0.4 is 0 Å². The number of nitrogens with zero attached hydrogens (tertiary/aromatic N) is 1. The molecule has 0 aromatic carbocycles. The zero-order valence-corrected chi connectivity index (χ0v) is 11.9. The van der Waals surface area contributed by atoms with Crippen molar-refractivity contribution >= 4 is 0 Å². The van der Waals surface area contributed by atoms with Crippen LogP contribution in [0.25, 0.3) is 0 Å². The monoisotopic (exact) mass is 263 g/mol. The zero-order chi connectivity index (χ0) is 9.84. The van der Waals surface area contributed by atoms with Crippen molar-refractivity contribution in [3.05, 3.63) is 40.8 Å². The second kappa shape index (κ2) is 6.31. The van der Waals surface area contributed by atoms with Gasteiger partial charge in [-0.3, -0.25) is 6.08 Å². The average Bonchev–Trinajstić information content (AvgIpc) is 2.44. The molecule has 3 heteroatoms. The van der Waals surface area contributed by atoms with Crippen LogP contribution in [0.3, 0.4) is 0 Å². The second-order valence-electron chi connectivity index (χ2n) is 3.03. The standard InChI is InChI=1S/C11H14N2.Y/c1-5-8(2)6-7-11-9(3)10(4)12-13-11;/h6H,1-4H3,(H,12,13);/q-2;. The van der Waals surface area contributed by atoms with Crippen molar-refractivity contribution in [1.29, 1.82) is 0 Å². The average molecular weight is 263 g/mol. The van der Waals surface area contributed by atoms with E-state index < -0.39 is 0 Å². The Labute approximate surface area is 111 Å². The van der Waals surface area contributed by atoms with E-state index in [1.54, 1.807) is 0 Å². The van der Waals surface area contributed by atoms with E-state index in [9.17, 15) is 0 Å².